The number of allylic oxidation sites excluding steroid dienone is 2. The maximum atomic E-state index is 13.8. The van der Waals surface area contributed by atoms with Gasteiger partial charge in [-0.05, 0) is 255 Å². The Morgan fingerprint density at radius 1 is 0.446 bits per heavy atom. The number of carbonyl (C=O) groups is 6. The van der Waals surface area contributed by atoms with Crippen molar-refractivity contribution in [3.8, 4) is 23.0 Å². The highest BCUT2D eigenvalue weighted by Crippen LogP contribution is 2.39. The van der Waals surface area contributed by atoms with Gasteiger partial charge in [-0.1, -0.05) is 164 Å². The zero-order chi connectivity index (χ0) is 79.9. The van der Waals surface area contributed by atoms with Gasteiger partial charge in [-0.15, -0.1) is 0 Å². The molecule has 2 saturated carbocycles. The van der Waals surface area contributed by atoms with Gasteiger partial charge in [0, 0.05) is 73.2 Å². The third-order valence-electron chi connectivity index (χ3n) is 22.4. The number of aldehydes is 1. The second kappa shape index (κ2) is 38.1. The van der Waals surface area contributed by atoms with Gasteiger partial charge in [-0.25, -0.2) is 0 Å². The van der Waals surface area contributed by atoms with Crippen LogP contribution in [0.25, 0.3) is 11.1 Å². The first kappa shape index (κ1) is 82.4. The number of aryl methyl sites for hydroxylation is 4. The standard InChI is InChI=1S/C39H47NO4.C31H41NO5.C27H25NO3/c1-26(2)19-31(39(42)44-34-13-9-10-14-34)17-15-29-16-18-32-23-40(24-33(32)21-29)38(41)36-22-35(27(3)4)37(20-28(36)5)43-25-30-11-7-6-8-12-30;1-19(2)13-22(31(36)37-25-7-5-6-8-25)11-9-21-10-12-23-17-32(18-24(23)14-21)30(35)27-15-26(20(3)4)28(33)16-29(27)34;1-18(2)24-13-25(19(3)11-26(24)31-17-20-7-5-4-6-8-20)27(30)28-14-22-10-9-21(16-29)12-23(22)15-28/h6-8,11-12,16,18,20-22,26,31,34H,3,9-10,13-15,17,19,23-25H2,1-2,4-5H3;10,12,14-16,19-20,22,25,33-34H,5-9,11,13,17-18H2,1-4H3;4-13,16H,1,14-15,17H2,2-3H3/t31-;22-;/m00./s1. The molecule has 3 aliphatic heterocycles. The largest absolute Gasteiger partial charge is 0.508 e. The van der Waals surface area contributed by atoms with Gasteiger partial charge in [0.25, 0.3) is 17.7 Å². The highest BCUT2D eigenvalue weighted by molar-refractivity contribution is 5.99. The molecule has 0 unspecified atom stereocenters. The van der Waals surface area contributed by atoms with Crippen LogP contribution >= 0.6 is 0 Å². The first-order valence-electron chi connectivity index (χ1n) is 40.3. The molecule has 15 heteroatoms. The molecule has 0 saturated heterocycles. The van der Waals surface area contributed by atoms with Crippen LogP contribution in [0.3, 0.4) is 0 Å². The summed E-state index contributed by atoms with van der Waals surface area (Å²) in [4.78, 5) is 82.9. The lowest BCUT2D eigenvalue weighted by Gasteiger charge is -2.20. The number of carbonyl (C=O) groups excluding carboxylic acids is 6. The number of esters is 2. The van der Waals surface area contributed by atoms with E-state index < -0.39 is 0 Å². The average Bonchev–Trinajstić information content (AvgIpc) is 1.55. The highest BCUT2D eigenvalue weighted by Gasteiger charge is 2.33. The van der Waals surface area contributed by atoms with Crippen molar-refractivity contribution in [2.75, 3.05) is 0 Å². The van der Waals surface area contributed by atoms with E-state index in [4.69, 9.17) is 18.9 Å². The van der Waals surface area contributed by atoms with E-state index in [1.165, 1.54) is 22.8 Å². The van der Waals surface area contributed by atoms with Crippen molar-refractivity contribution in [2.45, 2.75) is 230 Å². The van der Waals surface area contributed by atoms with E-state index in [1.54, 1.807) is 17.0 Å². The summed E-state index contributed by atoms with van der Waals surface area (Å²) in [6.45, 7) is 32.6. The fourth-order valence-electron chi connectivity index (χ4n) is 16.1. The Hall–Kier alpha value is -10.5. The maximum Gasteiger partial charge on any atom is 0.309 e. The van der Waals surface area contributed by atoms with E-state index in [2.05, 4.69) is 77.3 Å². The summed E-state index contributed by atoms with van der Waals surface area (Å²) in [6.07, 6.45) is 14.4. The summed E-state index contributed by atoms with van der Waals surface area (Å²) < 4.78 is 24.0. The van der Waals surface area contributed by atoms with E-state index in [0.29, 0.717) is 86.6 Å². The van der Waals surface area contributed by atoms with E-state index in [-0.39, 0.29) is 76.7 Å². The molecular formula is C97H113N3O12. The van der Waals surface area contributed by atoms with Gasteiger partial charge in [0.1, 0.15) is 54.7 Å². The van der Waals surface area contributed by atoms with E-state index >= 15 is 0 Å². The molecule has 15 nitrogen and oxygen atoms in total. The second-order valence-corrected chi connectivity index (χ2v) is 32.8. The van der Waals surface area contributed by atoms with Crippen LogP contribution in [0.15, 0.2) is 165 Å². The molecule has 2 N–H and O–H groups in total. The number of amides is 3. The lowest BCUT2D eigenvalue weighted by molar-refractivity contribution is -0.155. The summed E-state index contributed by atoms with van der Waals surface area (Å²) in [5, 5.41) is 20.5. The third kappa shape index (κ3) is 21.4. The first-order chi connectivity index (χ1) is 53.7. The number of benzene rings is 8. The molecule has 3 heterocycles. The molecule has 13 rings (SSSR count). The number of rotatable bonds is 27. The average molecular weight is 1510 g/mol. The Bertz CT molecular complexity index is 4720. The van der Waals surface area contributed by atoms with Gasteiger partial charge in [-0.3, -0.25) is 28.8 Å². The molecule has 3 amide bonds. The third-order valence-corrected chi connectivity index (χ3v) is 22.4. The quantitative estimate of drug-likeness (QED) is 0.0367. The summed E-state index contributed by atoms with van der Waals surface area (Å²) >= 11 is 0. The summed E-state index contributed by atoms with van der Waals surface area (Å²) in [5.41, 5.74) is 19.2. The first-order valence-corrected chi connectivity index (χ1v) is 40.3. The number of aromatic hydroxyl groups is 2. The summed E-state index contributed by atoms with van der Waals surface area (Å²) in [6, 6.07) is 49.1. The van der Waals surface area contributed by atoms with Crippen LogP contribution in [-0.4, -0.2) is 73.1 Å². The van der Waals surface area contributed by atoms with Crippen molar-refractivity contribution < 1.29 is 57.9 Å². The molecule has 0 bridgehead atoms. The lowest BCUT2D eigenvalue weighted by atomic mass is 9.90. The number of nitrogens with zero attached hydrogens (tertiary/aromatic N) is 3. The molecule has 8 aromatic carbocycles. The summed E-state index contributed by atoms with van der Waals surface area (Å²) in [7, 11) is 0. The zero-order valence-electron chi connectivity index (χ0n) is 67.3. The van der Waals surface area contributed by atoms with Crippen molar-refractivity contribution in [3.63, 3.8) is 0 Å². The predicted molar refractivity (Wildman–Crippen MR) is 442 cm³/mol. The topological polar surface area (TPSA) is 190 Å². The molecule has 112 heavy (non-hydrogen) atoms. The van der Waals surface area contributed by atoms with Gasteiger partial charge in [-0.2, -0.15) is 0 Å². The minimum atomic E-state index is -0.246. The molecule has 0 aromatic heterocycles. The van der Waals surface area contributed by atoms with Gasteiger partial charge < -0.3 is 43.9 Å². The molecule has 0 radical (unpaired) electrons. The Morgan fingerprint density at radius 3 is 1.21 bits per heavy atom. The number of fused-ring (bicyclic) bond motifs is 3. The Balaban J connectivity index is 0.000000169. The zero-order valence-corrected chi connectivity index (χ0v) is 67.3. The van der Waals surface area contributed by atoms with Crippen LogP contribution in [0.2, 0.25) is 0 Å². The number of phenolic OH excluding ortho intramolecular Hbond substituents is 2. The normalized spacial score (nSPS) is 14.9. The molecule has 0 spiro atoms. The van der Waals surface area contributed by atoms with Crippen LogP contribution in [0, 0.1) is 37.5 Å². The Labute approximate surface area is 663 Å². The van der Waals surface area contributed by atoms with Crippen LogP contribution in [0.5, 0.6) is 23.0 Å². The lowest BCUT2D eigenvalue weighted by Crippen LogP contribution is -2.26. The Morgan fingerprint density at radius 2 is 0.830 bits per heavy atom. The van der Waals surface area contributed by atoms with Crippen molar-refractivity contribution in [1.29, 1.82) is 0 Å². The van der Waals surface area contributed by atoms with Gasteiger partial charge in [0.2, 0.25) is 0 Å². The van der Waals surface area contributed by atoms with E-state index in [9.17, 15) is 39.0 Å². The van der Waals surface area contributed by atoms with Gasteiger partial charge >= 0.3 is 11.9 Å². The molecule has 2 fully saturated rings. The minimum Gasteiger partial charge on any atom is -0.508 e. The van der Waals surface area contributed by atoms with Gasteiger partial charge in [0.15, 0.2) is 0 Å². The number of hydrogen-bond acceptors (Lipinski definition) is 12. The van der Waals surface area contributed by atoms with Crippen molar-refractivity contribution >= 4 is 47.1 Å². The fraction of sp³-hybridized carbons (Fsp3) is 0.402. The predicted octanol–water partition coefficient (Wildman–Crippen LogP) is 20.9. The SMILES string of the molecule is C=C(C)c1cc(C(=O)N2Cc3ccc(C=O)cc3C2)c(C)cc1OCc1ccccc1.C=C(C)c1cc(C(=O)N2Cc3ccc(CC[C@@H](CC(C)C)C(=O)OC4CCCC4)cc3C2)c(C)cc1OCc1ccccc1.CC(C)C[C@H](CCc1ccc2c(c1)CN(C(=O)c1cc(C(C)C)c(O)cc1O)C2)C(=O)OC1CCCC1. The van der Waals surface area contributed by atoms with Crippen LogP contribution in [-0.2, 0) is 84.4 Å². The van der Waals surface area contributed by atoms with Crippen LogP contribution in [0.4, 0.5) is 0 Å². The van der Waals surface area contributed by atoms with Crippen molar-refractivity contribution in [1.82, 2.24) is 14.7 Å². The van der Waals surface area contributed by atoms with Crippen LogP contribution < -0.4 is 9.47 Å². The van der Waals surface area contributed by atoms with Crippen LogP contribution in [0.1, 0.15) is 263 Å². The smallest absolute Gasteiger partial charge is 0.309 e. The molecule has 588 valence electrons. The minimum absolute atomic E-state index is 0.00120. The fourth-order valence-corrected chi connectivity index (χ4v) is 16.1. The summed E-state index contributed by atoms with van der Waals surface area (Å²) in [5.74, 6) is 1.65. The monoisotopic (exact) mass is 1510 g/mol. The van der Waals surface area contributed by atoms with Crippen molar-refractivity contribution in [2.24, 2.45) is 23.7 Å². The van der Waals surface area contributed by atoms with E-state index in [1.807, 2.05) is 148 Å². The van der Waals surface area contributed by atoms with Crippen molar-refractivity contribution in [3.05, 3.63) is 271 Å². The molecular weight excluding hydrogens is 1400 g/mol. The second-order valence-electron chi connectivity index (χ2n) is 32.8. The molecule has 2 aliphatic carbocycles. The number of hydrogen-bond donors (Lipinski definition) is 2. The Kier molecular flexibility index (Phi) is 28.1. The number of ether oxygens (including phenoxy) is 4. The molecule has 8 aromatic rings. The molecule has 2 atom stereocenters. The van der Waals surface area contributed by atoms with Gasteiger partial charge in [0.05, 0.1) is 17.4 Å². The molecule has 5 aliphatic rings. The highest BCUT2D eigenvalue weighted by atomic mass is 16.5. The number of phenols is 2. The van der Waals surface area contributed by atoms with E-state index in [0.717, 1.165) is 180 Å². The maximum absolute atomic E-state index is 13.8.